The van der Waals surface area contributed by atoms with Crippen molar-refractivity contribution in [2.24, 2.45) is 0 Å². The molecule has 0 aliphatic heterocycles. The Morgan fingerprint density at radius 1 is 1.07 bits per heavy atom. The Hall–Kier alpha value is -3.90. The SMILES string of the molecule is CN(Cc1nc2ccsc2c(=O)[nH]1)C(=O)c1cc(Cl)ccc1NS(=O)(=O)c1ccc(Oc2ccccc2Cl)cc1. The van der Waals surface area contributed by atoms with Gasteiger partial charge in [0.15, 0.2) is 0 Å². The highest BCUT2D eigenvalue weighted by Gasteiger charge is 2.22. The van der Waals surface area contributed by atoms with Gasteiger partial charge in [-0.25, -0.2) is 13.4 Å². The molecule has 0 spiro atoms. The van der Waals surface area contributed by atoms with Gasteiger partial charge >= 0.3 is 0 Å². The quantitative estimate of drug-likeness (QED) is 0.216. The number of carbonyl (C=O) groups is 1. The average Bonchev–Trinajstić information content (AvgIpc) is 3.40. The highest BCUT2D eigenvalue weighted by Crippen LogP contribution is 2.30. The number of fused-ring (bicyclic) bond motifs is 1. The van der Waals surface area contributed by atoms with Crippen LogP contribution in [0.1, 0.15) is 16.2 Å². The predicted octanol–water partition coefficient (Wildman–Crippen LogP) is 6.16. The number of hydrogen-bond acceptors (Lipinski definition) is 7. The molecule has 0 aliphatic carbocycles. The maximum atomic E-state index is 13.4. The van der Waals surface area contributed by atoms with Gasteiger partial charge in [0.05, 0.1) is 33.2 Å². The molecule has 0 radical (unpaired) electrons. The molecule has 2 aromatic heterocycles. The highest BCUT2D eigenvalue weighted by atomic mass is 35.5. The molecule has 0 saturated carbocycles. The fraction of sp³-hybridized carbons (Fsp3) is 0.0741. The van der Waals surface area contributed by atoms with Crippen LogP contribution in [0.5, 0.6) is 11.5 Å². The minimum atomic E-state index is -4.09. The number of nitrogens with zero attached hydrogens (tertiary/aromatic N) is 2. The van der Waals surface area contributed by atoms with Crippen LogP contribution in [0.2, 0.25) is 10.0 Å². The first-order valence-electron chi connectivity index (χ1n) is 11.7. The highest BCUT2D eigenvalue weighted by molar-refractivity contribution is 7.92. The van der Waals surface area contributed by atoms with E-state index in [4.69, 9.17) is 27.9 Å². The van der Waals surface area contributed by atoms with E-state index in [0.29, 0.717) is 26.7 Å². The number of ether oxygens (including phenoxy) is 1. The molecule has 0 unspecified atom stereocenters. The molecule has 0 aliphatic rings. The van der Waals surface area contributed by atoms with E-state index in [9.17, 15) is 18.0 Å². The summed E-state index contributed by atoms with van der Waals surface area (Å²) >= 11 is 13.5. The zero-order chi connectivity index (χ0) is 28.4. The first-order valence-corrected chi connectivity index (χ1v) is 14.8. The van der Waals surface area contributed by atoms with Crippen LogP contribution in [-0.2, 0) is 16.6 Å². The van der Waals surface area contributed by atoms with Gasteiger partial charge in [0, 0.05) is 12.1 Å². The second-order valence-electron chi connectivity index (χ2n) is 8.61. The minimum Gasteiger partial charge on any atom is -0.456 e. The summed E-state index contributed by atoms with van der Waals surface area (Å²) in [5.74, 6) is 0.580. The Kier molecular flexibility index (Phi) is 7.81. The number of amides is 1. The van der Waals surface area contributed by atoms with Crippen molar-refractivity contribution in [3.8, 4) is 11.5 Å². The molecule has 2 heterocycles. The number of aromatic nitrogens is 2. The Morgan fingerprint density at radius 3 is 2.58 bits per heavy atom. The van der Waals surface area contributed by atoms with E-state index < -0.39 is 15.9 Å². The Morgan fingerprint density at radius 2 is 1.82 bits per heavy atom. The van der Waals surface area contributed by atoms with E-state index in [1.807, 2.05) is 0 Å². The number of nitrogens with one attached hydrogen (secondary N) is 2. The number of carbonyl (C=O) groups excluding carboxylic acids is 1. The van der Waals surface area contributed by atoms with Gasteiger partial charge in [-0.05, 0) is 66.0 Å². The van der Waals surface area contributed by atoms with E-state index in [1.54, 1.807) is 35.7 Å². The predicted molar refractivity (Wildman–Crippen MR) is 156 cm³/mol. The van der Waals surface area contributed by atoms with Crippen molar-refractivity contribution < 1.29 is 17.9 Å². The zero-order valence-electron chi connectivity index (χ0n) is 20.7. The van der Waals surface area contributed by atoms with Gasteiger partial charge < -0.3 is 14.6 Å². The average molecular weight is 616 g/mol. The number of anilines is 1. The van der Waals surface area contributed by atoms with Crippen molar-refractivity contribution in [2.75, 3.05) is 11.8 Å². The van der Waals surface area contributed by atoms with Gasteiger partial charge in [-0.2, -0.15) is 0 Å². The lowest BCUT2D eigenvalue weighted by Crippen LogP contribution is -2.29. The molecular weight excluding hydrogens is 595 g/mol. The molecule has 40 heavy (non-hydrogen) atoms. The van der Waals surface area contributed by atoms with Gasteiger partial charge in [-0.15, -0.1) is 11.3 Å². The Labute approximate surface area is 243 Å². The largest absolute Gasteiger partial charge is 0.456 e. The lowest BCUT2D eigenvalue weighted by molar-refractivity contribution is 0.0782. The monoisotopic (exact) mass is 614 g/mol. The summed E-state index contributed by atoms with van der Waals surface area (Å²) < 4.78 is 35.1. The summed E-state index contributed by atoms with van der Waals surface area (Å²) in [4.78, 5) is 34.0. The summed E-state index contributed by atoms with van der Waals surface area (Å²) in [6.07, 6.45) is 0. The molecule has 0 saturated heterocycles. The molecular formula is C27H20Cl2N4O5S2. The summed E-state index contributed by atoms with van der Waals surface area (Å²) in [7, 11) is -2.58. The van der Waals surface area contributed by atoms with E-state index in [1.165, 1.54) is 65.7 Å². The molecule has 5 aromatic rings. The molecule has 0 bridgehead atoms. The molecule has 2 N–H and O–H groups in total. The number of sulfonamides is 1. The van der Waals surface area contributed by atoms with Crippen LogP contribution in [-0.4, -0.2) is 36.2 Å². The van der Waals surface area contributed by atoms with Gasteiger partial charge in [0.2, 0.25) is 0 Å². The number of aromatic amines is 1. The van der Waals surface area contributed by atoms with E-state index >= 15 is 0 Å². The summed E-state index contributed by atoms with van der Waals surface area (Å²) in [6.45, 7) is -0.0224. The van der Waals surface area contributed by atoms with Crippen LogP contribution in [0.15, 0.2) is 87.9 Å². The summed E-state index contributed by atoms with van der Waals surface area (Å²) in [5, 5.41) is 2.42. The van der Waals surface area contributed by atoms with Crippen molar-refractivity contribution >= 4 is 66.4 Å². The number of para-hydroxylation sites is 1. The van der Waals surface area contributed by atoms with Crippen LogP contribution in [0.3, 0.4) is 0 Å². The lowest BCUT2D eigenvalue weighted by atomic mass is 10.1. The first-order chi connectivity index (χ1) is 19.1. The third kappa shape index (κ3) is 5.97. The number of hydrogen-bond donors (Lipinski definition) is 2. The first kappa shape index (κ1) is 27.7. The minimum absolute atomic E-state index is 0.0224. The number of halogens is 2. The molecule has 0 atom stereocenters. The fourth-order valence-corrected chi connectivity index (χ4v) is 5.98. The molecule has 1 amide bonds. The summed E-state index contributed by atoms with van der Waals surface area (Å²) in [6, 6.07) is 18.6. The van der Waals surface area contributed by atoms with Crippen LogP contribution in [0.25, 0.3) is 10.2 Å². The molecule has 13 heteroatoms. The van der Waals surface area contributed by atoms with Crippen molar-refractivity contribution in [3.05, 3.63) is 110 Å². The smallest absolute Gasteiger partial charge is 0.268 e. The Balaban J connectivity index is 1.36. The van der Waals surface area contributed by atoms with Crippen LogP contribution >= 0.6 is 34.5 Å². The number of benzene rings is 3. The van der Waals surface area contributed by atoms with E-state index in [2.05, 4.69) is 14.7 Å². The second-order valence-corrected chi connectivity index (χ2v) is 12.1. The third-order valence-electron chi connectivity index (χ3n) is 5.75. The van der Waals surface area contributed by atoms with Gasteiger partial charge in [0.25, 0.3) is 21.5 Å². The van der Waals surface area contributed by atoms with E-state index in [-0.39, 0.29) is 39.1 Å². The number of rotatable bonds is 8. The summed E-state index contributed by atoms with van der Waals surface area (Å²) in [5.41, 5.74) is 0.294. The molecule has 5 rings (SSSR count). The molecule has 204 valence electrons. The van der Waals surface area contributed by atoms with Crippen molar-refractivity contribution in [3.63, 3.8) is 0 Å². The maximum Gasteiger partial charge on any atom is 0.268 e. The molecule has 9 nitrogen and oxygen atoms in total. The number of thiophene rings is 1. The normalized spacial score (nSPS) is 11.4. The fourth-order valence-electron chi connectivity index (χ4n) is 3.83. The van der Waals surface area contributed by atoms with Crippen LogP contribution < -0.4 is 15.0 Å². The van der Waals surface area contributed by atoms with Gasteiger partial charge in [0.1, 0.15) is 22.0 Å². The second kappa shape index (κ2) is 11.3. The topological polar surface area (TPSA) is 121 Å². The zero-order valence-corrected chi connectivity index (χ0v) is 23.9. The van der Waals surface area contributed by atoms with Crippen LogP contribution in [0.4, 0.5) is 5.69 Å². The van der Waals surface area contributed by atoms with Crippen molar-refractivity contribution in [1.29, 1.82) is 0 Å². The standard InChI is InChI=1S/C27H20Cl2N4O5S2/c1-33(15-24-30-22-12-13-39-25(22)26(34)31-24)27(35)19-14-16(28)6-11-21(19)32-40(36,37)18-9-7-17(8-10-18)38-23-5-3-2-4-20(23)29/h2-14,32H,15H2,1H3,(H,30,31,34). The number of H-pyrrole nitrogens is 1. The molecule has 0 fully saturated rings. The molecule has 3 aromatic carbocycles. The van der Waals surface area contributed by atoms with Crippen molar-refractivity contribution in [2.45, 2.75) is 11.4 Å². The third-order valence-corrected chi connectivity index (χ3v) is 8.58. The van der Waals surface area contributed by atoms with Gasteiger partial charge in [-0.3, -0.25) is 14.3 Å². The van der Waals surface area contributed by atoms with Gasteiger partial charge in [-0.1, -0.05) is 35.3 Å². The van der Waals surface area contributed by atoms with E-state index in [0.717, 1.165) is 0 Å². The Bertz CT molecular complexity index is 1890. The lowest BCUT2D eigenvalue weighted by Gasteiger charge is -2.19. The maximum absolute atomic E-state index is 13.4. The van der Waals surface area contributed by atoms with Crippen LogP contribution in [0, 0.1) is 0 Å². The van der Waals surface area contributed by atoms with Crippen molar-refractivity contribution in [1.82, 2.24) is 14.9 Å².